The first kappa shape index (κ1) is 9.16. The normalized spacial score (nSPS) is 11.4. The van der Waals surface area contributed by atoms with Crippen molar-refractivity contribution in [2.24, 2.45) is 0 Å². The Kier molecular flexibility index (Phi) is 2.22. The van der Waals surface area contributed by atoms with Gasteiger partial charge in [0.2, 0.25) is 4.34 Å². The van der Waals surface area contributed by atoms with Gasteiger partial charge in [-0.05, 0) is 0 Å². The molecule has 0 aliphatic rings. The minimum atomic E-state index is -3.64. The van der Waals surface area contributed by atoms with Gasteiger partial charge < -0.3 is 4.42 Å². The summed E-state index contributed by atoms with van der Waals surface area (Å²) < 4.78 is 29.9. The summed E-state index contributed by atoms with van der Waals surface area (Å²) in [6.07, 6.45) is 4.04. The van der Waals surface area contributed by atoms with E-state index in [9.17, 15) is 8.42 Å². The lowest BCUT2D eigenvalue weighted by Gasteiger charge is -1.98. The fourth-order valence-electron chi connectivity index (χ4n) is 0.776. The molecule has 0 aromatic carbocycles. The summed E-state index contributed by atoms with van der Waals surface area (Å²) in [6, 6.07) is -0.0693. The summed E-state index contributed by atoms with van der Waals surface area (Å²) >= 11 is 1.02. The summed E-state index contributed by atoms with van der Waals surface area (Å²) in [5, 5.41) is 1.57. The van der Waals surface area contributed by atoms with Crippen LogP contribution in [-0.2, 0) is 10.0 Å². The van der Waals surface area contributed by atoms with Crippen LogP contribution in [0.5, 0.6) is 0 Å². The van der Waals surface area contributed by atoms with E-state index in [4.69, 9.17) is 4.42 Å². The van der Waals surface area contributed by atoms with Gasteiger partial charge in [-0.2, -0.15) is 8.42 Å². The predicted octanol–water partition coefficient (Wildman–Crippen LogP) is 0.932. The maximum absolute atomic E-state index is 11.5. The Morgan fingerprint density at radius 2 is 2.21 bits per heavy atom. The molecule has 0 spiro atoms. The van der Waals surface area contributed by atoms with E-state index in [0.29, 0.717) is 0 Å². The third-order valence-corrected chi connectivity index (χ3v) is 3.81. The Hall–Kier alpha value is -1.41. The number of rotatable bonds is 3. The van der Waals surface area contributed by atoms with E-state index in [1.807, 2.05) is 0 Å². The molecule has 0 fully saturated rings. The van der Waals surface area contributed by atoms with Crippen molar-refractivity contribution in [3.8, 4) is 0 Å². The largest absolute Gasteiger partial charge is 0.432 e. The molecule has 1 N–H and O–H groups in total. The molecule has 6 nitrogen and oxygen atoms in total. The van der Waals surface area contributed by atoms with Crippen LogP contribution in [0.1, 0.15) is 0 Å². The smallest absolute Gasteiger partial charge is 0.308 e. The number of nitrogens with one attached hydrogen (secondary N) is 1. The minimum Gasteiger partial charge on any atom is -0.432 e. The molecule has 0 saturated heterocycles. The zero-order valence-electron chi connectivity index (χ0n) is 6.75. The van der Waals surface area contributed by atoms with E-state index in [0.717, 1.165) is 11.3 Å². The van der Waals surface area contributed by atoms with Gasteiger partial charge >= 0.3 is 6.01 Å². The summed E-state index contributed by atoms with van der Waals surface area (Å²) in [6.45, 7) is 0. The molecule has 14 heavy (non-hydrogen) atoms. The number of aromatic nitrogens is 2. The van der Waals surface area contributed by atoms with E-state index in [1.54, 1.807) is 5.38 Å². The van der Waals surface area contributed by atoms with Crippen LogP contribution < -0.4 is 4.72 Å². The van der Waals surface area contributed by atoms with Gasteiger partial charge in [-0.15, -0.1) is 11.3 Å². The number of hydrogen-bond acceptors (Lipinski definition) is 6. The molecule has 2 heterocycles. The van der Waals surface area contributed by atoms with Gasteiger partial charge in [0.25, 0.3) is 10.0 Å². The van der Waals surface area contributed by atoms with Crippen LogP contribution in [0.4, 0.5) is 6.01 Å². The highest BCUT2D eigenvalue weighted by molar-refractivity contribution is 7.94. The molecule has 74 valence electrons. The Morgan fingerprint density at radius 3 is 2.79 bits per heavy atom. The minimum absolute atomic E-state index is 0.0179. The molecular weight excluding hydrogens is 226 g/mol. The topological polar surface area (TPSA) is 85.1 Å². The first-order valence-corrected chi connectivity index (χ1v) is 5.86. The van der Waals surface area contributed by atoms with Crippen molar-refractivity contribution >= 4 is 27.4 Å². The third kappa shape index (κ3) is 1.75. The molecule has 2 aromatic rings. The first-order chi connectivity index (χ1) is 6.68. The highest BCUT2D eigenvalue weighted by Gasteiger charge is 2.18. The Balaban J connectivity index is 2.27. The molecule has 0 amide bonds. The lowest BCUT2D eigenvalue weighted by atomic mass is 11.0. The highest BCUT2D eigenvalue weighted by Crippen LogP contribution is 2.15. The number of sulfonamides is 1. The van der Waals surface area contributed by atoms with Crippen LogP contribution in [0.3, 0.4) is 0 Å². The lowest BCUT2D eigenvalue weighted by molar-refractivity contribution is 0.570. The van der Waals surface area contributed by atoms with Gasteiger partial charge in [-0.1, -0.05) is 0 Å². The van der Waals surface area contributed by atoms with Crippen LogP contribution in [0.25, 0.3) is 0 Å². The first-order valence-electron chi connectivity index (χ1n) is 3.50. The molecule has 0 aliphatic carbocycles. The lowest BCUT2D eigenvalue weighted by Crippen LogP contribution is -2.12. The fourth-order valence-corrected chi connectivity index (χ4v) is 2.55. The summed E-state index contributed by atoms with van der Waals surface area (Å²) in [5.41, 5.74) is 0. The average Bonchev–Trinajstić information content (AvgIpc) is 2.71. The van der Waals surface area contributed by atoms with Crippen LogP contribution >= 0.6 is 11.3 Å². The molecule has 0 aliphatic heterocycles. The quantitative estimate of drug-likeness (QED) is 0.849. The standard InChI is InChI=1S/C6H5N3O3S2/c10-14(11,6-8-2-4-13-6)9-5-7-1-3-12-5/h1-4H,(H,7,9). The molecule has 0 atom stereocenters. The Bertz CT molecular complexity index is 488. The van der Waals surface area contributed by atoms with E-state index in [2.05, 4.69) is 14.7 Å². The maximum Gasteiger partial charge on any atom is 0.308 e. The monoisotopic (exact) mass is 231 g/mol. The zero-order valence-corrected chi connectivity index (χ0v) is 8.38. The fraction of sp³-hybridized carbons (Fsp3) is 0. The molecular formula is C6H5N3O3S2. The van der Waals surface area contributed by atoms with E-state index >= 15 is 0 Å². The van der Waals surface area contributed by atoms with Gasteiger partial charge in [0.05, 0.1) is 6.20 Å². The van der Waals surface area contributed by atoms with Crippen LogP contribution in [0.15, 0.2) is 32.8 Å². The molecule has 0 bridgehead atoms. The second-order valence-corrected chi connectivity index (χ2v) is 4.99. The molecule has 8 heteroatoms. The third-order valence-electron chi connectivity index (χ3n) is 1.29. The van der Waals surface area contributed by atoms with Crippen molar-refractivity contribution in [1.82, 2.24) is 9.97 Å². The molecule has 0 unspecified atom stereocenters. The number of thiazole rings is 1. The van der Waals surface area contributed by atoms with Gasteiger partial charge in [0, 0.05) is 11.6 Å². The number of nitrogens with zero attached hydrogens (tertiary/aromatic N) is 2. The second-order valence-electron chi connectivity index (χ2n) is 2.24. The van der Waals surface area contributed by atoms with Crippen LogP contribution in [0.2, 0.25) is 0 Å². The molecule has 2 rings (SSSR count). The molecule has 0 radical (unpaired) electrons. The summed E-state index contributed by atoms with van der Waals surface area (Å²) in [4.78, 5) is 7.30. The number of hydrogen-bond donors (Lipinski definition) is 1. The second kappa shape index (κ2) is 3.39. The number of anilines is 1. The summed E-state index contributed by atoms with van der Waals surface area (Å²) in [5.74, 6) is 0. The maximum atomic E-state index is 11.5. The summed E-state index contributed by atoms with van der Waals surface area (Å²) in [7, 11) is -3.64. The number of oxazole rings is 1. The van der Waals surface area contributed by atoms with Gasteiger partial charge in [0.1, 0.15) is 6.26 Å². The van der Waals surface area contributed by atoms with Crippen molar-refractivity contribution in [2.45, 2.75) is 4.34 Å². The predicted molar refractivity (Wildman–Crippen MR) is 49.4 cm³/mol. The Labute approximate surface area is 83.7 Å². The van der Waals surface area contributed by atoms with Gasteiger partial charge in [0.15, 0.2) is 0 Å². The van der Waals surface area contributed by atoms with Crippen molar-refractivity contribution in [1.29, 1.82) is 0 Å². The Morgan fingerprint density at radius 1 is 1.36 bits per heavy atom. The van der Waals surface area contributed by atoms with Crippen LogP contribution in [-0.4, -0.2) is 18.4 Å². The van der Waals surface area contributed by atoms with Crippen LogP contribution in [0, 0.1) is 0 Å². The van der Waals surface area contributed by atoms with Crippen molar-refractivity contribution < 1.29 is 12.8 Å². The van der Waals surface area contributed by atoms with E-state index in [-0.39, 0.29) is 10.4 Å². The van der Waals surface area contributed by atoms with Crippen molar-refractivity contribution in [3.05, 3.63) is 24.0 Å². The molecule has 2 aromatic heterocycles. The SMILES string of the molecule is O=S(=O)(Nc1ncco1)c1nccs1. The van der Waals surface area contributed by atoms with Crippen molar-refractivity contribution in [2.75, 3.05) is 4.72 Å². The van der Waals surface area contributed by atoms with E-state index in [1.165, 1.54) is 18.7 Å². The zero-order chi connectivity index (χ0) is 10.0. The van der Waals surface area contributed by atoms with Gasteiger partial charge in [-0.3, -0.25) is 0 Å². The average molecular weight is 231 g/mol. The van der Waals surface area contributed by atoms with Crippen molar-refractivity contribution in [3.63, 3.8) is 0 Å². The van der Waals surface area contributed by atoms with E-state index < -0.39 is 10.0 Å². The molecule has 0 saturated carbocycles. The highest BCUT2D eigenvalue weighted by atomic mass is 32.2. The van der Waals surface area contributed by atoms with Gasteiger partial charge in [-0.25, -0.2) is 14.7 Å².